The van der Waals surface area contributed by atoms with Gasteiger partial charge in [0.15, 0.2) is 6.39 Å². The smallest absolute Gasteiger partial charge is 0.376 e. The summed E-state index contributed by atoms with van der Waals surface area (Å²) in [6.07, 6.45) is 4.78. The molecule has 0 unspecified atom stereocenters. The summed E-state index contributed by atoms with van der Waals surface area (Å²) in [5.41, 5.74) is 2.95. The Bertz CT molecular complexity index is 868. The fourth-order valence-corrected chi connectivity index (χ4v) is 2.75. The first-order chi connectivity index (χ1) is 12.2. The molecule has 0 amide bonds. The van der Waals surface area contributed by atoms with E-state index < -0.39 is 5.97 Å². The van der Waals surface area contributed by atoms with Gasteiger partial charge in [0.2, 0.25) is 5.76 Å². The van der Waals surface area contributed by atoms with Crippen LogP contribution in [0, 0.1) is 0 Å². The number of carbonyl (C=O) groups excluding carboxylic acids is 1. The monoisotopic (exact) mass is 359 g/mol. The van der Waals surface area contributed by atoms with Gasteiger partial charge in [0.1, 0.15) is 5.69 Å². The maximum absolute atomic E-state index is 12.2. The number of hydrogen-bond acceptors (Lipinski definition) is 5. The Kier molecular flexibility index (Phi) is 5.19. The molecule has 2 aromatic heterocycles. The zero-order chi connectivity index (χ0) is 17.8. The van der Waals surface area contributed by atoms with Crippen molar-refractivity contribution in [1.82, 2.24) is 14.8 Å². The lowest BCUT2D eigenvalue weighted by molar-refractivity contribution is 0.0491. The largest absolute Gasteiger partial charge is 0.460 e. The predicted octanol–water partition coefficient (Wildman–Crippen LogP) is 4.31. The molecule has 130 valence electrons. The van der Waals surface area contributed by atoms with E-state index in [1.54, 1.807) is 29.9 Å². The second-order valence-electron chi connectivity index (χ2n) is 5.41. The third-order valence-corrected chi connectivity index (χ3v) is 3.94. The molecule has 0 spiro atoms. The molecule has 7 heteroatoms. The van der Waals surface area contributed by atoms with Crippen LogP contribution in [0.2, 0.25) is 5.02 Å². The Morgan fingerprint density at radius 3 is 2.72 bits per heavy atom. The number of esters is 1. The third kappa shape index (κ3) is 3.44. The molecule has 0 N–H and O–H groups in total. The maximum atomic E-state index is 12.2. The van der Waals surface area contributed by atoms with E-state index in [1.165, 1.54) is 6.39 Å². The molecule has 3 rings (SSSR count). The van der Waals surface area contributed by atoms with Crippen molar-refractivity contribution >= 4 is 17.6 Å². The Balaban J connectivity index is 2.14. The molecule has 0 saturated heterocycles. The number of aryl methyl sites for hydroxylation is 1. The normalized spacial score (nSPS) is 10.8. The van der Waals surface area contributed by atoms with Gasteiger partial charge in [-0.2, -0.15) is 5.10 Å². The topological polar surface area (TPSA) is 70.2 Å². The summed E-state index contributed by atoms with van der Waals surface area (Å²) in [7, 11) is 0. The number of carbonyl (C=O) groups is 1. The van der Waals surface area contributed by atoms with Crippen LogP contribution in [0.15, 0.2) is 41.3 Å². The quantitative estimate of drug-likeness (QED) is 0.613. The molecule has 0 radical (unpaired) electrons. The summed E-state index contributed by atoms with van der Waals surface area (Å²) >= 11 is 5.98. The summed E-state index contributed by atoms with van der Waals surface area (Å²) in [5.74, 6) is -0.462. The lowest BCUT2D eigenvalue weighted by Gasteiger charge is -2.09. The van der Waals surface area contributed by atoms with Crippen molar-refractivity contribution in [3.05, 3.63) is 53.2 Å². The van der Waals surface area contributed by atoms with Gasteiger partial charge in [-0.15, -0.1) is 0 Å². The highest BCUT2D eigenvalue weighted by Gasteiger charge is 2.25. The number of ether oxygens (including phenoxy) is 1. The zero-order valence-corrected chi connectivity index (χ0v) is 14.8. The van der Waals surface area contributed by atoms with Gasteiger partial charge >= 0.3 is 5.97 Å². The van der Waals surface area contributed by atoms with Gasteiger partial charge in [-0.25, -0.2) is 14.5 Å². The standard InChI is InChI=1S/C18H18ClN3O3/c1-3-5-12-10-21-22(14-8-6-13(19)7-9-14)16(12)15-17(25-11-20-15)18(23)24-4-2/h6-11H,3-5H2,1-2H3. The minimum atomic E-state index is -0.540. The van der Waals surface area contributed by atoms with E-state index in [0.717, 1.165) is 29.8 Å². The molecular formula is C18H18ClN3O3. The third-order valence-electron chi connectivity index (χ3n) is 3.69. The summed E-state index contributed by atoms with van der Waals surface area (Å²) < 4.78 is 12.1. The van der Waals surface area contributed by atoms with Gasteiger partial charge in [0, 0.05) is 10.6 Å². The van der Waals surface area contributed by atoms with Gasteiger partial charge in [-0.1, -0.05) is 24.9 Å². The minimum Gasteiger partial charge on any atom is -0.460 e. The van der Waals surface area contributed by atoms with Crippen LogP contribution in [0.5, 0.6) is 0 Å². The van der Waals surface area contributed by atoms with Gasteiger partial charge < -0.3 is 9.15 Å². The number of oxazole rings is 1. The average Bonchev–Trinajstić information content (AvgIpc) is 3.22. The van der Waals surface area contributed by atoms with Gasteiger partial charge in [-0.3, -0.25) is 0 Å². The molecule has 3 aromatic rings. The van der Waals surface area contributed by atoms with E-state index in [-0.39, 0.29) is 12.4 Å². The number of benzene rings is 1. The lowest BCUT2D eigenvalue weighted by atomic mass is 10.1. The molecule has 0 saturated carbocycles. The van der Waals surface area contributed by atoms with Crippen LogP contribution in [0.4, 0.5) is 0 Å². The van der Waals surface area contributed by atoms with Crippen molar-refractivity contribution in [2.75, 3.05) is 6.61 Å². The molecule has 0 aliphatic rings. The molecule has 2 heterocycles. The summed E-state index contributed by atoms with van der Waals surface area (Å²) in [4.78, 5) is 16.4. The van der Waals surface area contributed by atoms with E-state index in [4.69, 9.17) is 20.8 Å². The highest BCUT2D eigenvalue weighted by molar-refractivity contribution is 6.30. The van der Waals surface area contributed by atoms with Crippen molar-refractivity contribution in [3.63, 3.8) is 0 Å². The Labute approximate surface area is 150 Å². The Hall–Kier alpha value is -2.60. The molecular weight excluding hydrogens is 342 g/mol. The van der Waals surface area contributed by atoms with Crippen molar-refractivity contribution in [3.8, 4) is 17.1 Å². The average molecular weight is 360 g/mol. The molecule has 6 nitrogen and oxygen atoms in total. The van der Waals surface area contributed by atoms with E-state index >= 15 is 0 Å². The first-order valence-corrected chi connectivity index (χ1v) is 8.47. The van der Waals surface area contributed by atoms with Gasteiger partial charge in [0.25, 0.3) is 0 Å². The lowest BCUT2D eigenvalue weighted by Crippen LogP contribution is -2.08. The Morgan fingerprint density at radius 1 is 1.28 bits per heavy atom. The summed E-state index contributed by atoms with van der Waals surface area (Å²) in [6.45, 7) is 4.09. The number of hydrogen-bond donors (Lipinski definition) is 0. The highest BCUT2D eigenvalue weighted by Crippen LogP contribution is 2.30. The first-order valence-electron chi connectivity index (χ1n) is 8.09. The predicted molar refractivity (Wildman–Crippen MR) is 94.0 cm³/mol. The first kappa shape index (κ1) is 17.2. The fourth-order valence-electron chi connectivity index (χ4n) is 2.62. The van der Waals surface area contributed by atoms with Crippen molar-refractivity contribution in [1.29, 1.82) is 0 Å². The van der Waals surface area contributed by atoms with Crippen LogP contribution in [0.3, 0.4) is 0 Å². The second kappa shape index (κ2) is 7.53. The Morgan fingerprint density at radius 2 is 2.04 bits per heavy atom. The van der Waals surface area contributed by atoms with Crippen LogP contribution in [-0.4, -0.2) is 27.3 Å². The molecule has 0 bridgehead atoms. The van der Waals surface area contributed by atoms with Crippen molar-refractivity contribution in [2.24, 2.45) is 0 Å². The van der Waals surface area contributed by atoms with Crippen molar-refractivity contribution in [2.45, 2.75) is 26.7 Å². The summed E-state index contributed by atoms with van der Waals surface area (Å²) in [5, 5.41) is 5.12. The molecule has 25 heavy (non-hydrogen) atoms. The van der Waals surface area contributed by atoms with Crippen LogP contribution >= 0.6 is 11.6 Å². The van der Waals surface area contributed by atoms with Crippen LogP contribution in [0.25, 0.3) is 17.1 Å². The fraction of sp³-hybridized carbons (Fsp3) is 0.278. The number of halogens is 1. The van der Waals surface area contributed by atoms with E-state index in [2.05, 4.69) is 17.0 Å². The van der Waals surface area contributed by atoms with Crippen LogP contribution in [-0.2, 0) is 11.2 Å². The van der Waals surface area contributed by atoms with Crippen LogP contribution < -0.4 is 0 Å². The summed E-state index contributed by atoms with van der Waals surface area (Å²) in [6, 6.07) is 7.30. The van der Waals surface area contributed by atoms with E-state index in [0.29, 0.717) is 10.7 Å². The van der Waals surface area contributed by atoms with E-state index in [1.807, 2.05) is 12.1 Å². The number of aromatic nitrogens is 3. The molecule has 1 aromatic carbocycles. The highest BCUT2D eigenvalue weighted by atomic mass is 35.5. The molecule has 0 aliphatic heterocycles. The molecule has 0 aliphatic carbocycles. The van der Waals surface area contributed by atoms with Gasteiger partial charge in [-0.05, 0) is 37.6 Å². The van der Waals surface area contributed by atoms with Crippen molar-refractivity contribution < 1.29 is 13.9 Å². The minimum absolute atomic E-state index is 0.0786. The van der Waals surface area contributed by atoms with Gasteiger partial charge in [0.05, 0.1) is 24.2 Å². The van der Waals surface area contributed by atoms with Crippen LogP contribution in [0.1, 0.15) is 36.4 Å². The van der Waals surface area contributed by atoms with E-state index in [9.17, 15) is 4.79 Å². The molecule has 0 atom stereocenters. The number of nitrogens with zero attached hydrogens (tertiary/aromatic N) is 3. The maximum Gasteiger partial charge on any atom is 0.376 e. The molecule has 0 fully saturated rings. The second-order valence-corrected chi connectivity index (χ2v) is 5.84. The number of rotatable bonds is 6. The zero-order valence-electron chi connectivity index (χ0n) is 14.0. The SMILES string of the molecule is CCCc1cnn(-c2ccc(Cl)cc2)c1-c1ncoc1C(=O)OCC.